The Morgan fingerprint density at radius 2 is 1.92 bits per heavy atom. The standard InChI is InChI=1S/C16H24N4O4/c1-17-9-3-4-14(19-11-21)15(22)20-13-7-5-12(6-8-13)10-24-16(23)18-2/h5-8,11,14,17H,3-4,9-10H2,1-2H3,(H,18,23)(H,19,21)(H,20,22). The van der Waals surface area contributed by atoms with Crippen molar-refractivity contribution in [2.45, 2.75) is 25.5 Å². The molecule has 3 amide bonds. The van der Waals surface area contributed by atoms with Gasteiger partial charge in [0, 0.05) is 12.7 Å². The van der Waals surface area contributed by atoms with Gasteiger partial charge in [0.05, 0.1) is 0 Å². The first-order valence-corrected chi connectivity index (χ1v) is 7.69. The average molecular weight is 336 g/mol. The van der Waals surface area contributed by atoms with E-state index in [-0.39, 0.29) is 12.5 Å². The number of ether oxygens (including phenoxy) is 1. The molecule has 0 fully saturated rings. The molecule has 8 heteroatoms. The highest BCUT2D eigenvalue weighted by Gasteiger charge is 2.17. The van der Waals surface area contributed by atoms with E-state index >= 15 is 0 Å². The molecule has 132 valence electrons. The molecule has 1 atom stereocenters. The first-order valence-electron chi connectivity index (χ1n) is 7.69. The third-order valence-corrected chi connectivity index (χ3v) is 3.30. The largest absolute Gasteiger partial charge is 0.445 e. The van der Waals surface area contributed by atoms with Crippen LogP contribution in [-0.4, -0.2) is 45.1 Å². The van der Waals surface area contributed by atoms with Gasteiger partial charge in [-0.3, -0.25) is 9.59 Å². The lowest BCUT2D eigenvalue weighted by atomic mass is 10.1. The van der Waals surface area contributed by atoms with Crippen LogP contribution in [0.2, 0.25) is 0 Å². The first kappa shape index (κ1) is 19.4. The number of amides is 3. The maximum absolute atomic E-state index is 12.2. The summed E-state index contributed by atoms with van der Waals surface area (Å²) in [5.41, 5.74) is 1.41. The van der Waals surface area contributed by atoms with Crippen LogP contribution >= 0.6 is 0 Å². The van der Waals surface area contributed by atoms with Gasteiger partial charge in [-0.15, -0.1) is 0 Å². The van der Waals surface area contributed by atoms with E-state index < -0.39 is 12.1 Å². The van der Waals surface area contributed by atoms with E-state index in [1.54, 1.807) is 24.3 Å². The van der Waals surface area contributed by atoms with E-state index in [1.165, 1.54) is 7.05 Å². The van der Waals surface area contributed by atoms with E-state index in [0.717, 1.165) is 18.5 Å². The van der Waals surface area contributed by atoms with Gasteiger partial charge in [0.25, 0.3) is 0 Å². The average Bonchev–Trinajstić information content (AvgIpc) is 2.60. The van der Waals surface area contributed by atoms with Crippen molar-refractivity contribution in [3.63, 3.8) is 0 Å². The molecule has 1 aromatic rings. The van der Waals surface area contributed by atoms with Crippen molar-refractivity contribution < 1.29 is 19.1 Å². The quantitative estimate of drug-likeness (QED) is 0.369. The van der Waals surface area contributed by atoms with Crippen molar-refractivity contribution in [2.75, 3.05) is 26.0 Å². The monoisotopic (exact) mass is 336 g/mol. The number of anilines is 1. The fourth-order valence-corrected chi connectivity index (χ4v) is 1.99. The number of nitrogens with one attached hydrogen (secondary N) is 4. The van der Waals surface area contributed by atoms with Crippen molar-refractivity contribution in [1.29, 1.82) is 0 Å². The molecule has 0 bridgehead atoms. The molecule has 0 spiro atoms. The highest BCUT2D eigenvalue weighted by Crippen LogP contribution is 2.11. The molecule has 0 aliphatic carbocycles. The minimum Gasteiger partial charge on any atom is -0.445 e. The molecule has 8 nitrogen and oxygen atoms in total. The summed E-state index contributed by atoms with van der Waals surface area (Å²) in [5, 5.41) is 10.6. The highest BCUT2D eigenvalue weighted by molar-refractivity contribution is 5.95. The summed E-state index contributed by atoms with van der Waals surface area (Å²) in [4.78, 5) is 33.9. The van der Waals surface area contributed by atoms with Crippen molar-refractivity contribution >= 4 is 24.1 Å². The van der Waals surface area contributed by atoms with Crippen LogP contribution < -0.4 is 21.3 Å². The lowest BCUT2D eigenvalue weighted by Gasteiger charge is -2.16. The second kappa shape index (κ2) is 11.0. The summed E-state index contributed by atoms with van der Waals surface area (Å²) in [6.07, 6.45) is 1.34. The molecule has 1 aromatic carbocycles. The molecule has 0 aliphatic heterocycles. The van der Waals surface area contributed by atoms with Crippen LogP contribution in [0.5, 0.6) is 0 Å². The highest BCUT2D eigenvalue weighted by atomic mass is 16.5. The summed E-state index contributed by atoms with van der Waals surface area (Å²) in [5.74, 6) is -0.271. The van der Waals surface area contributed by atoms with Crippen molar-refractivity contribution in [1.82, 2.24) is 16.0 Å². The molecule has 0 aromatic heterocycles. The van der Waals surface area contributed by atoms with Crippen LogP contribution in [0, 0.1) is 0 Å². The summed E-state index contributed by atoms with van der Waals surface area (Å²) < 4.78 is 4.93. The Morgan fingerprint density at radius 3 is 2.50 bits per heavy atom. The third-order valence-electron chi connectivity index (χ3n) is 3.30. The van der Waals surface area contributed by atoms with Gasteiger partial charge < -0.3 is 26.0 Å². The van der Waals surface area contributed by atoms with Gasteiger partial charge in [-0.25, -0.2) is 4.79 Å². The Balaban J connectivity index is 2.54. The third kappa shape index (κ3) is 7.10. The zero-order valence-electron chi connectivity index (χ0n) is 13.9. The van der Waals surface area contributed by atoms with Crippen LogP contribution in [0.4, 0.5) is 10.5 Å². The predicted molar refractivity (Wildman–Crippen MR) is 90.5 cm³/mol. The van der Waals surface area contributed by atoms with Crippen molar-refractivity contribution in [3.05, 3.63) is 29.8 Å². The number of carbonyl (C=O) groups is 3. The number of rotatable bonds is 10. The summed E-state index contributed by atoms with van der Waals surface area (Å²) in [7, 11) is 3.32. The van der Waals surface area contributed by atoms with E-state index in [2.05, 4.69) is 21.3 Å². The Hall–Kier alpha value is -2.61. The molecule has 1 unspecified atom stereocenters. The molecule has 4 N–H and O–H groups in total. The van der Waals surface area contributed by atoms with Gasteiger partial charge in [0.2, 0.25) is 12.3 Å². The van der Waals surface area contributed by atoms with Crippen LogP contribution in [0.25, 0.3) is 0 Å². The molecule has 0 saturated heterocycles. The fourth-order valence-electron chi connectivity index (χ4n) is 1.99. The van der Waals surface area contributed by atoms with Gasteiger partial charge >= 0.3 is 6.09 Å². The normalized spacial score (nSPS) is 11.2. The Morgan fingerprint density at radius 1 is 1.21 bits per heavy atom. The van der Waals surface area contributed by atoms with E-state index in [9.17, 15) is 14.4 Å². The van der Waals surface area contributed by atoms with Gasteiger partial charge in [-0.1, -0.05) is 12.1 Å². The molecular weight excluding hydrogens is 312 g/mol. The number of hydrogen-bond acceptors (Lipinski definition) is 5. The first-order chi connectivity index (χ1) is 11.6. The van der Waals surface area contributed by atoms with Crippen LogP contribution in [0.15, 0.2) is 24.3 Å². The molecule has 0 heterocycles. The number of benzene rings is 1. The van der Waals surface area contributed by atoms with Gasteiger partial charge in [0.1, 0.15) is 12.6 Å². The summed E-state index contributed by atoms with van der Waals surface area (Å²) >= 11 is 0. The molecule has 0 radical (unpaired) electrons. The molecule has 0 saturated carbocycles. The number of hydrogen-bond donors (Lipinski definition) is 4. The topological polar surface area (TPSA) is 109 Å². The van der Waals surface area contributed by atoms with Crippen LogP contribution in [0.3, 0.4) is 0 Å². The van der Waals surface area contributed by atoms with E-state index in [0.29, 0.717) is 18.5 Å². The smallest absolute Gasteiger partial charge is 0.407 e. The minimum absolute atomic E-state index is 0.146. The summed E-state index contributed by atoms with van der Waals surface area (Å²) in [6, 6.07) is 6.36. The van der Waals surface area contributed by atoms with Crippen LogP contribution in [0.1, 0.15) is 18.4 Å². The van der Waals surface area contributed by atoms with E-state index in [1.807, 2.05) is 7.05 Å². The Bertz CT molecular complexity index is 533. The minimum atomic E-state index is -0.577. The predicted octanol–water partition coefficient (Wildman–Crippen LogP) is 0.595. The maximum atomic E-state index is 12.2. The van der Waals surface area contributed by atoms with Gasteiger partial charge in [-0.05, 0) is 44.1 Å². The zero-order chi connectivity index (χ0) is 17.8. The molecule has 24 heavy (non-hydrogen) atoms. The second-order valence-corrected chi connectivity index (χ2v) is 5.10. The summed E-state index contributed by atoms with van der Waals surface area (Å²) in [6.45, 7) is 0.914. The fraction of sp³-hybridized carbons (Fsp3) is 0.438. The maximum Gasteiger partial charge on any atom is 0.407 e. The number of carbonyl (C=O) groups excluding carboxylic acids is 3. The molecule has 0 aliphatic rings. The lowest BCUT2D eigenvalue weighted by molar-refractivity contribution is -0.121. The Labute approximate surface area is 141 Å². The van der Waals surface area contributed by atoms with Gasteiger partial charge in [-0.2, -0.15) is 0 Å². The molecular formula is C16H24N4O4. The molecule has 1 rings (SSSR count). The van der Waals surface area contributed by atoms with Crippen molar-refractivity contribution in [3.8, 4) is 0 Å². The van der Waals surface area contributed by atoms with Crippen molar-refractivity contribution in [2.24, 2.45) is 0 Å². The number of alkyl carbamates (subject to hydrolysis) is 1. The SMILES string of the molecule is CNCCCC(NC=O)C(=O)Nc1ccc(COC(=O)NC)cc1. The van der Waals surface area contributed by atoms with Crippen LogP contribution in [-0.2, 0) is 20.9 Å². The Kier molecular flexibility index (Phi) is 8.91. The van der Waals surface area contributed by atoms with E-state index in [4.69, 9.17) is 4.74 Å². The second-order valence-electron chi connectivity index (χ2n) is 5.10. The lowest BCUT2D eigenvalue weighted by Crippen LogP contribution is -2.40. The zero-order valence-corrected chi connectivity index (χ0v) is 13.9. The van der Waals surface area contributed by atoms with Gasteiger partial charge in [0.15, 0.2) is 0 Å².